The normalized spacial score (nSPS) is 15.5. The first-order valence-electron chi connectivity index (χ1n) is 22.0. The van der Waals surface area contributed by atoms with Crippen LogP contribution < -0.4 is 14.9 Å². The van der Waals surface area contributed by atoms with Gasteiger partial charge in [0, 0.05) is 104 Å². The molecule has 0 aliphatic carbocycles. The van der Waals surface area contributed by atoms with Gasteiger partial charge in [0.15, 0.2) is 0 Å². The Balaban J connectivity index is 0.949. The van der Waals surface area contributed by atoms with E-state index < -0.39 is 37.0 Å². The molecule has 0 spiro atoms. The lowest BCUT2D eigenvalue weighted by molar-refractivity contribution is -0.384. The summed E-state index contributed by atoms with van der Waals surface area (Å²) in [6.07, 6.45) is 0.286. The van der Waals surface area contributed by atoms with Crippen molar-refractivity contribution in [3.8, 4) is 11.1 Å². The highest BCUT2D eigenvalue weighted by atomic mass is 35.5. The molecule has 2 amide bonds. The molecule has 1 atom stereocenters. The van der Waals surface area contributed by atoms with Crippen LogP contribution in [0, 0.1) is 10.1 Å². The fraction of sp³-hybridized carbons (Fsp3) is 0.347. The molecule has 14 nitrogen and oxygen atoms in total. The zero-order valence-electron chi connectivity index (χ0n) is 37.4. The van der Waals surface area contributed by atoms with E-state index in [-0.39, 0.29) is 23.4 Å². The fourth-order valence-electron chi connectivity index (χ4n) is 7.94. The number of halogens is 1. The van der Waals surface area contributed by atoms with Crippen molar-refractivity contribution in [3.63, 3.8) is 0 Å². The van der Waals surface area contributed by atoms with Gasteiger partial charge in [0.05, 0.1) is 9.82 Å². The van der Waals surface area contributed by atoms with Crippen LogP contribution >= 0.6 is 23.4 Å². The molecule has 5 aromatic rings. The van der Waals surface area contributed by atoms with E-state index in [1.807, 2.05) is 81.4 Å². The van der Waals surface area contributed by atoms with Gasteiger partial charge in [-0.05, 0) is 105 Å². The van der Waals surface area contributed by atoms with E-state index in [1.165, 1.54) is 23.3 Å². The Morgan fingerprint density at radius 1 is 0.818 bits per heavy atom. The maximum atomic E-state index is 13.6. The average molecular weight is 955 g/mol. The number of ether oxygens (including phenoxy) is 1. The van der Waals surface area contributed by atoms with Crippen molar-refractivity contribution in [1.82, 2.24) is 19.4 Å². The molecule has 0 bridgehead atoms. The number of nitro benzene ring substituents is 1. The van der Waals surface area contributed by atoms with Crippen molar-refractivity contribution in [2.24, 2.45) is 0 Å². The molecule has 5 aromatic carbocycles. The van der Waals surface area contributed by atoms with E-state index in [4.69, 9.17) is 16.3 Å². The predicted octanol–water partition coefficient (Wildman–Crippen LogP) is 8.87. The van der Waals surface area contributed by atoms with E-state index in [1.54, 1.807) is 40.9 Å². The zero-order chi connectivity index (χ0) is 46.8. The Bertz CT molecular complexity index is 2560. The van der Waals surface area contributed by atoms with Crippen LogP contribution in [0.4, 0.5) is 21.9 Å². The van der Waals surface area contributed by atoms with Gasteiger partial charge in [-0.3, -0.25) is 24.7 Å². The van der Waals surface area contributed by atoms with Crippen molar-refractivity contribution >= 4 is 62.4 Å². The Hall–Kier alpha value is -5.65. The lowest BCUT2D eigenvalue weighted by Crippen LogP contribution is -2.50. The quantitative estimate of drug-likeness (QED) is 0.0551. The van der Waals surface area contributed by atoms with Crippen LogP contribution in [0.2, 0.25) is 5.02 Å². The van der Waals surface area contributed by atoms with Crippen LogP contribution in [0.1, 0.15) is 43.1 Å². The number of hydrogen-bond donors (Lipinski definition) is 2. The minimum absolute atomic E-state index is 0.137. The number of hydrogen-bond acceptors (Lipinski definition) is 12. The van der Waals surface area contributed by atoms with E-state index in [0.29, 0.717) is 49.9 Å². The van der Waals surface area contributed by atoms with Crippen molar-refractivity contribution < 1.29 is 27.7 Å². The summed E-state index contributed by atoms with van der Waals surface area (Å²) in [7, 11) is -4.49. The van der Waals surface area contributed by atoms with Gasteiger partial charge in [-0.25, -0.2) is 17.9 Å². The van der Waals surface area contributed by atoms with E-state index in [0.717, 1.165) is 54.9 Å². The fourth-order valence-corrected chi connectivity index (χ4v) is 10.1. The summed E-state index contributed by atoms with van der Waals surface area (Å²) in [5.41, 5.74) is 3.74. The minimum atomic E-state index is -4.49. The van der Waals surface area contributed by atoms with Gasteiger partial charge in [-0.1, -0.05) is 66.2 Å². The number of nitrogens with one attached hydrogen (secondary N) is 2. The summed E-state index contributed by atoms with van der Waals surface area (Å²) in [5, 5.41) is 16.5. The number of amides is 2. The molecule has 0 saturated carbocycles. The number of carbonyl (C=O) groups is 2. The molecule has 2 saturated heterocycles. The highest BCUT2D eigenvalue weighted by molar-refractivity contribution is 7.99. The number of thioether (sulfide) groups is 1. The molecule has 66 heavy (non-hydrogen) atoms. The van der Waals surface area contributed by atoms with Gasteiger partial charge in [-0.2, -0.15) is 0 Å². The van der Waals surface area contributed by atoms with Crippen LogP contribution in [0.25, 0.3) is 11.1 Å². The average Bonchev–Trinajstić information content (AvgIpc) is 3.30. The third-order valence-electron chi connectivity index (χ3n) is 11.5. The highest BCUT2D eigenvalue weighted by Crippen LogP contribution is 2.31. The number of nitrogens with zero attached hydrogens (tertiary/aromatic N) is 5. The molecule has 2 N–H and O–H groups in total. The lowest BCUT2D eigenvalue weighted by Gasteiger charge is -2.36. The molecule has 2 aliphatic heterocycles. The van der Waals surface area contributed by atoms with Crippen molar-refractivity contribution in [2.45, 2.75) is 55.2 Å². The smallest absolute Gasteiger partial charge is 0.410 e. The number of piperazine rings is 2. The Morgan fingerprint density at radius 2 is 1.47 bits per heavy atom. The maximum absolute atomic E-state index is 13.6. The zero-order valence-corrected chi connectivity index (χ0v) is 39.8. The summed E-state index contributed by atoms with van der Waals surface area (Å²) in [6.45, 7) is 12.6. The Morgan fingerprint density at radius 3 is 2.14 bits per heavy atom. The molecular formula is C49H56ClN7O7S2. The molecule has 0 aromatic heterocycles. The topological polar surface area (TPSA) is 158 Å². The van der Waals surface area contributed by atoms with Gasteiger partial charge in [0.25, 0.3) is 21.6 Å². The molecule has 2 fully saturated rings. The lowest BCUT2D eigenvalue weighted by atomic mass is 9.99. The maximum Gasteiger partial charge on any atom is 0.410 e. The van der Waals surface area contributed by atoms with Crippen LogP contribution in [0.3, 0.4) is 0 Å². The van der Waals surface area contributed by atoms with Crippen LogP contribution in [-0.4, -0.2) is 116 Å². The number of rotatable bonds is 16. The second kappa shape index (κ2) is 21.8. The second-order valence-corrected chi connectivity index (χ2v) is 20.6. The third-order valence-corrected chi connectivity index (χ3v) is 14.3. The second-order valence-electron chi connectivity index (χ2n) is 17.4. The SMILES string of the molecule is CC(C)(C)OC(=O)N1CCN(CCC(CSc2ccccc2)Nc2ccc(S(=O)(=O)NC(=O)c3ccc(N4CCN(Cc5ccccc5-c5ccc(Cl)cc5)CC4)cc3)cc2[N+](=O)[O-])CC1. The largest absolute Gasteiger partial charge is 0.444 e. The Labute approximate surface area is 396 Å². The van der Waals surface area contributed by atoms with Crippen molar-refractivity contribution in [1.29, 1.82) is 0 Å². The number of anilines is 2. The number of sulfonamides is 1. The number of carbonyl (C=O) groups excluding carboxylic acids is 2. The summed E-state index contributed by atoms with van der Waals surface area (Å²) >= 11 is 7.74. The molecule has 2 aliphatic rings. The minimum Gasteiger partial charge on any atom is -0.444 e. The summed E-state index contributed by atoms with van der Waals surface area (Å²) in [4.78, 5) is 47.0. The van der Waals surface area contributed by atoms with E-state index >= 15 is 0 Å². The molecule has 17 heteroatoms. The molecule has 2 heterocycles. The van der Waals surface area contributed by atoms with Gasteiger partial charge >= 0.3 is 6.09 Å². The first kappa shape index (κ1) is 48.3. The van der Waals surface area contributed by atoms with E-state index in [9.17, 15) is 28.1 Å². The van der Waals surface area contributed by atoms with Crippen molar-refractivity contribution in [2.75, 3.05) is 74.9 Å². The Kier molecular flexibility index (Phi) is 15.9. The predicted molar refractivity (Wildman–Crippen MR) is 262 cm³/mol. The number of nitro groups is 1. The molecule has 348 valence electrons. The standard InChI is InChI=1S/C49H56ClN7O7S2/c1-49(2,3)64-48(59)56-31-25-53(26-32-56)24-23-40(35-65-42-10-5-4-6-11-42)51-45-22-21-43(33-46(45)57(60)61)66(62,63)52-47(58)37-15-19-41(20-16-37)55-29-27-54(28-30-55)34-38-9-7-8-12-44(38)36-13-17-39(50)18-14-36/h4-22,33,40,51H,23-32,34-35H2,1-3H3,(H,52,58). The molecular weight excluding hydrogens is 898 g/mol. The van der Waals surface area contributed by atoms with Gasteiger partial charge < -0.3 is 19.9 Å². The number of benzene rings is 5. The first-order chi connectivity index (χ1) is 31.6. The first-order valence-corrected chi connectivity index (χ1v) is 24.9. The molecule has 7 rings (SSSR count). The van der Waals surface area contributed by atoms with Gasteiger partial charge in [0.2, 0.25) is 0 Å². The summed E-state index contributed by atoms with van der Waals surface area (Å²) in [5.74, 6) is -0.272. The molecule has 1 unspecified atom stereocenters. The van der Waals surface area contributed by atoms with Gasteiger partial charge in [-0.15, -0.1) is 11.8 Å². The monoisotopic (exact) mass is 953 g/mol. The van der Waals surface area contributed by atoms with Crippen LogP contribution in [0.15, 0.2) is 131 Å². The summed E-state index contributed by atoms with van der Waals surface area (Å²) < 4.78 is 34.7. The van der Waals surface area contributed by atoms with Crippen LogP contribution in [0.5, 0.6) is 0 Å². The van der Waals surface area contributed by atoms with Crippen molar-refractivity contribution in [3.05, 3.63) is 148 Å². The molecule has 0 radical (unpaired) electrons. The van der Waals surface area contributed by atoms with Gasteiger partial charge in [0.1, 0.15) is 11.3 Å². The van der Waals surface area contributed by atoms with E-state index in [2.05, 4.69) is 42.9 Å². The summed E-state index contributed by atoms with van der Waals surface area (Å²) in [6, 6.07) is 36.2. The van der Waals surface area contributed by atoms with Crippen LogP contribution in [-0.2, 0) is 21.3 Å². The third kappa shape index (κ3) is 13.2. The highest BCUT2D eigenvalue weighted by Gasteiger charge is 2.28.